The van der Waals surface area contributed by atoms with Crippen molar-refractivity contribution < 1.29 is 18.1 Å². The van der Waals surface area contributed by atoms with E-state index in [1.807, 2.05) is 0 Å². The van der Waals surface area contributed by atoms with Crippen LogP contribution in [0.5, 0.6) is 0 Å². The smallest absolute Gasteiger partial charge is 0.201 e. The maximum atomic E-state index is 13.6. The Morgan fingerprint density at radius 1 is 0.688 bits per heavy atom. The fourth-order valence-electron chi connectivity index (χ4n) is 3.91. The summed E-state index contributed by atoms with van der Waals surface area (Å²) in [6.45, 7) is 36.1. The van der Waals surface area contributed by atoms with Gasteiger partial charge in [-0.2, -0.15) is 0 Å². The molecule has 0 amide bonds. The second kappa shape index (κ2) is 11.3. The van der Waals surface area contributed by atoms with Crippen molar-refractivity contribution in [3.8, 4) is 0 Å². The van der Waals surface area contributed by atoms with Gasteiger partial charge >= 0.3 is 0 Å². The van der Waals surface area contributed by atoms with E-state index in [1.54, 1.807) is 0 Å². The van der Waals surface area contributed by atoms with Gasteiger partial charge in [0.05, 0.1) is 13.2 Å². The van der Waals surface area contributed by atoms with E-state index in [9.17, 15) is 4.79 Å². The molecule has 0 N–H and O–H groups in total. The first kappa shape index (κ1) is 32.2. The summed E-state index contributed by atoms with van der Waals surface area (Å²) in [5, 5.41) is 0.147. The number of carbonyl (C=O) groups is 1. The molecule has 32 heavy (non-hydrogen) atoms. The van der Waals surface area contributed by atoms with Crippen molar-refractivity contribution in [2.75, 3.05) is 13.2 Å². The Morgan fingerprint density at radius 3 is 1.34 bits per heavy atom. The zero-order chi connectivity index (χ0) is 25.9. The fraction of sp³-hybridized carbons (Fsp3) is 0.960. The van der Waals surface area contributed by atoms with Crippen LogP contribution in [0.2, 0.25) is 52.9 Å². The van der Waals surface area contributed by atoms with Gasteiger partial charge in [-0.05, 0) is 52.9 Å². The van der Waals surface area contributed by atoms with E-state index in [0.717, 1.165) is 0 Å². The molecule has 0 aromatic carbocycles. The van der Waals surface area contributed by atoms with Gasteiger partial charge in [-0.3, -0.25) is 4.79 Å². The van der Waals surface area contributed by atoms with E-state index in [0.29, 0.717) is 23.2 Å². The molecule has 1 unspecified atom stereocenters. The Balaban J connectivity index is 5.96. The minimum atomic E-state index is -2.24. The lowest BCUT2D eigenvalue weighted by molar-refractivity contribution is -0.130. The first-order chi connectivity index (χ1) is 14.0. The van der Waals surface area contributed by atoms with Gasteiger partial charge in [0.15, 0.2) is 22.4 Å². The molecule has 0 bridgehead atoms. The van der Waals surface area contributed by atoms with Gasteiger partial charge in [0.25, 0.3) is 0 Å². The molecule has 0 fully saturated rings. The first-order valence-corrected chi connectivity index (χ1v) is 20.5. The van der Waals surface area contributed by atoms with Gasteiger partial charge in [-0.1, -0.05) is 83.1 Å². The highest BCUT2D eigenvalue weighted by Gasteiger charge is 2.48. The van der Waals surface area contributed by atoms with Crippen LogP contribution in [0, 0.1) is 0 Å². The highest BCUT2D eigenvalue weighted by molar-refractivity contribution is 6.78. The number of rotatable bonds is 12. The molecule has 0 saturated heterocycles. The Morgan fingerprint density at radius 2 is 1.03 bits per heavy atom. The van der Waals surface area contributed by atoms with Crippen LogP contribution in [-0.2, 0) is 18.1 Å². The zero-order valence-electron chi connectivity index (χ0n) is 24.4. The van der Waals surface area contributed by atoms with Crippen LogP contribution in [0.15, 0.2) is 0 Å². The first-order valence-electron chi connectivity index (χ1n) is 12.5. The number of hydrogen-bond donors (Lipinski definition) is 0. The van der Waals surface area contributed by atoms with Crippen LogP contribution in [0.1, 0.15) is 83.1 Å². The van der Waals surface area contributed by atoms with Crippen LogP contribution >= 0.6 is 0 Å². The lowest BCUT2D eigenvalue weighted by Gasteiger charge is -2.45. The Hall–Kier alpha value is 0.201. The normalized spacial score (nSPS) is 15.7. The Labute approximate surface area is 204 Å². The van der Waals surface area contributed by atoms with Crippen molar-refractivity contribution in [1.82, 2.24) is 0 Å². The van der Waals surface area contributed by atoms with Gasteiger partial charge in [-0.15, -0.1) is 0 Å². The van der Waals surface area contributed by atoms with Crippen molar-refractivity contribution in [3.05, 3.63) is 0 Å². The maximum Gasteiger partial charge on any atom is 0.201 e. The van der Waals surface area contributed by atoms with Crippen LogP contribution in [0.25, 0.3) is 0 Å². The van der Waals surface area contributed by atoms with Crippen LogP contribution in [0.4, 0.5) is 0 Å². The minimum absolute atomic E-state index is 0.0346. The predicted molar refractivity (Wildman–Crippen MR) is 147 cm³/mol. The van der Waals surface area contributed by atoms with Gasteiger partial charge in [-0.25, -0.2) is 0 Å². The molecule has 0 radical (unpaired) electrons. The quantitative estimate of drug-likeness (QED) is 0.251. The van der Waals surface area contributed by atoms with E-state index in [4.69, 9.17) is 13.3 Å². The summed E-state index contributed by atoms with van der Waals surface area (Å²) in [4.78, 5) is 13.6. The number of ketones is 1. The molecule has 192 valence electrons. The molecule has 1 atom stereocenters. The molecule has 0 aliphatic rings. The third-order valence-corrected chi connectivity index (χ3v) is 23.3. The lowest BCUT2D eigenvalue weighted by atomic mass is 10.2. The van der Waals surface area contributed by atoms with Crippen molar-refractivity contribution in [2.45, 2.75) is 142 Å². The van der Waals surface area contributed by atoms with E-state index in [2.05, 4.69) is 109 Å². The molecule has 0 saturated carbocycles. The SMILES string of the molecule is CC(C)[Si](OC(CO[Si](C)(C)C(C)(C)C)C(=O)CO[Si](C)(C)C(C)(C)C)(C(C)C)C(C)C. The number of carbonyl (C=O) groups excluding carboxylic acids is 1. The Bertz CT molecular complexity index is 578. The molecule has 4 nitrogen and oxygen atoms in total. The highest BCUT2D eigenvalue weighted by Crippen LogP contribution is 2.44. The van der Waals surface area contributed by atoms with E-state index in [1.165, 1.54) is 0 Å². The minimum Gasteiger partial charge on any atom is -0.414 e. The summed E-state index contributed by atoms with van der Waals surface area (Å²) < 4.78 is 19.8. The zero-order valence-corrected chi connectivity index (χ0v) is 27.4. The number of Topliss-reactive ketones (excluding diaryl/α,β-unsaturated/α-hetero) is 1. The second-order valence-electron chi connectivity index (χ2n) is 13.5. The third-order valence-electron chi connectivity index (χ3n) is 8.20. The molecular formula is C25H56O4Si3. The van der Waals surface area contributed by atoms with Crippen molar-refractivity contribution in [3.63, 3.8) is 0 Å². The highest BCUT2D eigenvalue weighted by atomic mass is 28.4. The summed E-state index contributed by atoms with van der Waals surface area (Å²) >= 11 is 0. The monoisotopic (exact) mass is 504 g/mol. The lowest BCUT2D eigenvalue weighted by Crippen LogP contribution is -2.54. The summed E-state index contributed by atoms with van der Waals surface area (Å²) in [6.07, 6.45) is -0.562. The van der Waals surface area contributed by atoms with Crippen LogP contribution < -0.4 is 0 Å². The summed E-state index contributed by atoms with van der Waals surface area (Å²) in [5.74, 6) is 0.0346. The van der Waals surface area contributed by atoms with Gasteiger partial charge < -0.3 is 13.3 Å². The molecule has 0 aromatic heterocycles. The largest absolute Gasteiger partial charge is 0.414 e. The average molecular weight is 505 g/mol. The molecule has 0 aromatic rings. The molecular weight excluding hydrogens is 449 g/mol. The van der Waals surface area contributed by atoms with Crippen molar-refractivity contribution in [2.24, 2.45) is 0 Å². The predicted octanol–water partition coefficient (Wildman–Crippen LogP) is 8.16. The van der Waals surface area contributed by atoms with Crippen LogP contribution in [0.3, 0.4) is 0 Å². The fourth-order valence-corrected chi connectivity index (χ4v) is 11.4. The Kier molecular flexibility index (Phi) is 11.4. The molecule has 0 rings (SSSR count). The molecule has 0 heterocycles. The molecule has 0 spiro atoms. The van der Waals surface area contributed by atoms with Gasteiger partial charge in [0, 0.05) is 0 Å². The van der Waals surface area contributed by atoms with Gasteiger partial charge in [0.2, 0.25) is 8.32 Å². The average Bonchev–Trinajstić information content (AvgIpc) is 2.56. The molecule has 0 aliphatic heterocycles. The van der Waals surface area contributed by atoms with Crippen molar-refractivity contribution >= 4 is 30.7 Å². The topological polar surface area (TPSA) is 44.8 Å². The van der Waals surface area contributed by atoms with Crippen LogP contribution in [-0.4, -0.2) is 50.1 Å². The molecule has 7 heteroatoms. The second-order valence-corrected chi connectivity index (χ2v) is 28.5. The molecule has 0 aliphatic carbocycles. The summed E-state index contributed by atoms with van der Waals surface area (Å²) in [6, 6.07) is 0. The third kappa shape index (κ3) is 7.87. The maximum absolute atomic E-state index is 13.6. The summed E-state index contributed by atoms with van der Waals surface area (Å²) in [7, 11) is -6.27. The standard InChI is InChI=1S/C25H56O4Si3/c1-19(2)32(20(3)4,21(5)6)29-23(18-28-31(15,16)25(10,11)12)22(26)17-27-30(13,14)24(7,8)9/h19-21,23H,17-18H2,1-16H3. The van der Waals surface area contributed by atoms with Crippen molar-refractivity contribution in [1.29, 1.82) is 0 Å². The summed E-state index contributed by atoms with van der Waals surface area (Å²) in [5.41, 5.74) is 1.23. The van der Waals surface area contributed by atoms with E-state index in [-0.39, 0.29) is 22.5 Å². The number of hydrogen-bond acceptors (Lipinski definition) is 4. The van der Waals surface area contributed by atoms with E-state index < -0.39 is 31.1 Å². The van der Waals surface area contributed by atoms with Gasteiger partial charge in [0.1, 0.15) is 6.10 Å². The van der Waals surface area contributed by atoms with E-state index >= 15 is 0 Å².